The van der Waals surface area contributed by atoms with Crippen LogP contribution >= 0.6 is 0 Å². The number of aromatic nitrogens is 1. The van der Waals surface area contributed by atoms with Gasteiger partial charge in [0.1, 0.15) is 0 Å². The number of rotatable bonds is 1. The van der Waals surface area contributed by atoms with Crippen molar-refractivity contribution in [2.24, 2.45) is 0 Å². The predicted molar refractivity (Wildman–Crippen MR) is 69.1 cm³/mol. The van der Waals surface area contributed by atoms with Gasteiger partial charge in [-0.1, -0.05) is 40.7 Å². The molecule has 1 aromatic heterocycles. The second kappa shape index (κ2) is 3.87. The van der Waals surface area contributed by atoms with Crippen LogP contribution in [0.4, 0.5) is 0 Å². The molecule has 0 bridgehead atoms. The maximum atomic E-state index is 4.92. The van der Waals surface area contributed by atoms with E-state index in [0.29, 0.717) is 5.92 Å². The van der Waals surface area contributed by atoms with Crippen molar-refractivity contribution in [3.63, 3.8) is 0 Å². The van der Waals surface area contributed by atoms with Crippen LogP contribution in [0.3, 0.4) is 0 Å². The lowest BCUT2D eigenvalue weighted by molar-refractivity contribution is 0.568. The van der Waals surface area contributed by atoms with Crippen molar-refractivity contribution in [3.05, 3.63) is 28.6 Å². The van der Waals surface area contributed by atoms with Crippen molar-refractivity contribution < 1.29 is 0 Å². The predicted octanol–water partition coefficient (Wildman–Crippen LogP) is 3.99. The van der Waals surface area contributed by atoms with Gasteiger partial charge in [0.15, 0.2) is 0 Å². The number of aryl methyl sites for hydroxylation is 2. The Balaban J connectivity index is 2.58. The topological polar surface area (TPSA) is 12.9 Å². The van der Waals surface area contributed by atoms with Gasteiger partial charge in [-0.15, -0.1) is 0 Å². The Bertz CT molecular complexity index is 397. The molecule has 1 aromatic rings. The van der Waals surface area contributed by atoms with E-state index in [1.165, 1.54) is 41.8 Å². The molecule has 0 amide bonds. The van der Waals surface area contributed by atoms with E-state index in [-0.39, 0.29) is 5.41 Å². The fraction of sp³-hybridized carbons (Fsp3) is 0.667. The van der Waals surface area contributed by atoms with Crippen LogP contribution in [0.1, 0.15) is 69.5 Å². The zero-order valence-corrected chi connectivity index (χ0v) is 11.2. The molecular formula is C15H23N. The highest BCUT2D eigenvalue weighted by molar-refractivity contribution is 5.38. The van der Waals surface area contributed by atoms with E-state index in [1.807, 2.05) is 0 Å². The zero-order valence-electron chi connectivity index (χ0n) is 11.2. The Morgan fingerprint density at radius 1 is 1.19 bits per heavy atom. The van der Waals surface area contributed by atoms with E-state index in [9.17, 15) is 0 Å². The highest BCUT2D eigenvalue weighted by atomic mass is 14.7. The summed E-state index contributed by atoms with van der Waals surface area (Å²) in [5, 5.41) is 0. The third-order valence-electron chi connectivity index (χ3n) is 3.44. The van der Waals surface area contributed by atoms with Gasteiger partial charge in [0, 0.05) is 11.4 Å². The first-order chi connectivity index (χ1) is 7.39. The van der Waals surface area contributed by atoms with Crippen LogP contribution in [0, 0.1) is 0 Å². The molecule has 0 N–H and O–H groups in total. The Labute approximate surface area is 99.3 Å². The van der Waals surface area contributed by atoms with E-state index in [2.05, 4.69) is 40.7 Å². The van der Waals surface area contributed by atoms with Crippen molar-refractivity contribution in [1.29, 1.82) is 0 Å². The summed E-state index contributed by atoms with van der Waals surface area (Å²) in [4.78, 5) is 4.92. The lowest BCUT2D eigenvalue weighted by atomic mass is 9.82. The molecule has 0 aromatic carbocycles. The summed E-state index contributed by atoms with van der Waals surface area (Å²) in [6.45, 7) is 11.4. The Kier molecular flexibility index (Phi) is 2.81. The first-order valence-electron chi connectivity index (χ1n) is 6.43. The van der Waals surface area contributed by atoms with E-state index in [0.717, 1.165) is 0 Å². The van der Waals surface area contributed by atoms with Crippen LogP contribution in [0.15, 0.2) is 6.07 Å². The molecule has 0 radical (unpaired) electrons. The Morgan fingerprint density at radius 2 is 1.88 bits per heavy atom. The van der Waals surface area contributed by atoms with Crippen LogP contribution in [0.5, 0.6) is 0 Å². The molecule has 1 nitrogen and oxygen atoms in total. The molecular weight excluding hydrogens is 194 g/mol. The second-order valence-corrected chi connectivity index (χ2v) is 6.29. The van der Waals surface area contributed by atoms with Crippen molar-refractivity contribution in [2.45, 2.75) is 65.2 Å². The molecule has 88 valence electrons. The van der Waals surface area contributed by atoms with Gasteiger partial charge in [0.25, 0.3) is 0 Å². The highest BCUT2D eigenvalue weighted by Crippen LogP contribution is 2.33. The standard InChI is InChI=1S/C15H23N/c1-10(2)14-12(15(3,4)5)9-11-7-6-8-13(11)16-14/h9-10H,6-8H2,1-5H3. The first-order valence-corrected chi connectivity index (χ1v) is 6.43. The van der Waals surface area contributed by atoms with Crippen molar-refractivity contribution >= 4 is 0 Å². The SMILES string of the molecule is CC(C)c1nc2c(cc1C(C)(C)C)CCC2. The summed E-state index contributed by atoms with van der Waals surface area (Å²) in [6.07, 6.45) is 3.69. The lowest BCUT2D eigenvalue weighted by Crippen LogP contribution is -2.17. The van der Waals surface area contributed by atoms with E-state index >= 15 is 0 Å². The van der Waals surface area contributed by atoms with Crippen molar-refractivity contribution in [2.75, 3.05) is 0 Å². The lowest BCUT2D eigenvalue weighted by Gasteiger charge is -2.25. The normalized spacial score (nSPS) is 15.6. The summed E-state index contributed by atoms with van der Waals surface area (Å²) in [6, 6.07) is 2.42. The average molecular weight is 217 g/mol. The molecule has 1 aliphatic carbocycles. The van der Waals surface area contributed by atoms with Gasteiger partial charge < -0.3 is 0 Å². The van der Waals surface area contributed by atoms with Crippen LogP contribution in [0.2, 0.25) is 0 Å². The molecule has 0 saturated carbocycles. The van der Waals surface area contributed by atoms with E-state index in [4.69, 9.17) is 4.98 Å². The quantitative estimate of drug-likeness (QED) is 0.693. The van der Waals surface area contributed by atoms with E-state index < -0.39 is 0 Å². The molecule has 0 spiro atoms. The number of nitrogens with zero attached hydrogens (tertiary/aromatic N) is 1. The molecule has 0 saturated heterocycles. The summed E-state index contributed by atoms with van der Waals surface area (Å²) in [5.74, 6) is 0.528. The first kappa shape index (κ1) is 11.6. The largest absolute Gasteiger partial charge is 0.257 e. The monoisotopic (exact) mass is 217 g/mol. The number of hydrogen-bond acceptors (Lipinski definition) is 1. The maximum Gasteiger partial charge on any atom is 0.0469 e. The second-order valence-electron chi connectivity index (χ2n) is 6.29. The molecule has 16 heavy (non-hydrogen) atoms. The number of pyridine rings is 1. The number of hydrogen-bond donors (Lipinski definition) is 0. The third kappa shape index (κ3) is 2.00. The van der Waals surface area contributed by atoms with Crippen molar-refractivity contribution in [3.8, 4) is 0 Å². The van der Waals surface area contributed by atoms with Crippen LogP contribution in [0.25, 0.3) is 0 Å². The van der Waals surface area contributed by atoms with E-state index in [1.54, 1.807) is 0 Å². The minimum absolute atomic E-state index is 0.213. The Hall–Kier alpha value is -0.850. The third-order valence-corrected chi connectivity index (χ3v) is 3.44. The molecule has 0 aliphatic heterocycles. The fourth-order valence-electron chi connectivity index (χ4n) is 2.53. The minimum Gasteiger partial charge on any atom is -0.257 e. The van der Waals surface area contributed by atoms with Crippen LogP contribution < -0.4 is 0 Å². The Morgan fingerprint density at radius 3 is 2.44 bits per heavy atom. The van der Waals surface area contributed by atoms with Gasteiger partial charge in [0.05, 0.1) is 0 Å². The van der Waals surface area contributed by atoms with Crippen LogP contribution in [-0.2, 0) is 18.3 Å². The molecule has 0 unspecified atom stereocenters. The molecule has 1 aliphatic rings. The summed E-state index contributed by atoms with van der Waals surface area (Å²) in [7, 11) is 0. The molecule has 1 heterocycles. The van der Waals surface area contributed by atoms with Gasteiger partial charge in [0.2, 0.25) is 0 Å². The summed E-state index contributed by atoms with van der Waals surface area (Å²) < 4.78 is 0. The summed E-state index contributed by atoms with van der Waals surface area (Å²) in [5.41, 5.74) is 5.83. The van der Waals surface area contributed by atoms with Gasteiger partial charge in [-0.05, 0) is 41.7 Å². The minimum atomic E-state index is 0.213. The highest BCUT2D eigenvalue weighted by Gasteiger charge is 2.24. The van der Waals surface area contributed by atoms with Crippen LogP contribution in [-0.4, -0.2) is 4.98 Å². The molecule has 0 fully saturated rings. The van der Waals surface area contributed by atoms with Gasteiger partial charge in [-0.3, -0.25) is 4.98 Å². The summed E-state index contributed by atoms with van der Waals surface area (Å²) >= 11 is 0. The fourth-order valence-corrected chi connectivity index (χ4v) is 2.53. The number of fused-ring (bicyclic) bond motifs is 1. The average Bonchev–Trinajstić information content (AvgIpc) is 2.60. The maximum absolute atomic E-state index is 4.92. The zero-order chi connectivity index (χ0) is 11.9. The smallest absolute Gasteiger partial charge is 0.0469 e. The molecule has 0 atom stereocenters. The molecule has 1 heteroatoms. The molecule has 2 rings (SSSR count). The van der Waals surface area contributed by atoms with Gasteiger partial charge >= 0.3 is 0 Å². The van der Waals surface area contributed by atoms with Gasteiger partial charge in [-0.2, -0.15) is 0 Å². The van der Waals surface area contributed by atoms with Gasteiger partial charge in [-0.25, -0.2) is 0 Å². The van der Waals surface area contributed by atoms with Crippen molar-refractivity contribution in [1.82, 2.24) is 4.98 Å².